The van der Waals surface area contributed by atoms with E-state index in [4.69, 9.17) is 5.26 Å². The zero-order valence-electron chi connectivity index (χ0n) is 9.25. The first-order valence-electron chi connectivity index (χ1n) is 5.09. The van der Waals surface area contributed by atoms with Crippen LogP contribution in [0.5, 0.6) is 0 Å². The maximum atomic E-state index is 10.9. The van der Waals surface area contributed by atoms with Gasteiger partial charge in [0.2, 0.25) is 0 Å². The lowest BCUT2D eigenvalue weighted by molar-refractivity contribution is -0.384. The highest BCUT2D eigenvalue weighted by Gasteiger charge is 2.39. The van der Waals surface area contributed by atoms with Crippen molar-refractivity contribution in [2.45, 2.75) is 12.5 Å². The van der Waals surface area contributed by atoms with Crippen LogP contribution in [0.25, 0.3) is 0 Å². The highest BCUT2D eigenvalue weighted by Crippen LogP contribution is 2.34. The molecule has 0 spiro atoms. The van der Waals surface area contributed by atoms with E-state index in [1.54, 1.807) is 17.9 Å². The Morgan fingerprint density at radius 3 is 2.71 bits per heavy atom. The molecule has 1 aromatic carbocycles. The van der Waals surface area contributed by atoms with E-state index in [0.717, 1.165) is 0 Å². The molecule has 0 atom stereocenters. The number of nitro groups is 1. The van der Waals surface area contributed by atoms with Gasteiger partial charge in [0.1, 0.15) is 5.69 Å². The van der Waals surface area contributed by atoms with E-state index < -0.39 is 10.5 Å². The van der Waals surface area contributed by atoms with Gasteiger partial charge >= 0.3 is 0 Å². The van der Waals surface area contributed by atoms with Crippen molar-refractivity contribution in [1.29, 1.82) is 5.26 Å². The molecule has 0 radical (unpaired) electrons. The highest BCUT2D eigenvalue weighted by molar-refractivity contribution is 5.67. The average Bonchev–Trinajstić information content (AvgIpc) is 2.24. The van der Waals surface area contributed by atoms with Crippen LogP contribution in [0.4, 0.5) is 11.4 Å². The van der Waals surface area contributed by atoms with Crippen molar-refractivity contribution >= 4 is 11.4 Å². The van der Waals surface area contributed by atoms with Crippen LogP contribution in [0, 0.1) is 21.4 Å². The lowest BCUT2D eigenvalue weighted by atomic mass is 9.95. The van der Waals surface area contributed by atoms with Crippen molar-refractivity contribution < 1.29 is 10.0 Å². The molecule has 17 heavy (non-hydrogen) atoms. The molecule has 1 N–H and O–H groups in total. The first kappa shape index (κ1) is 11.4. The summed E-state index contributed by atoms with van der Waals surface area (Å²) in [6.07, 6.45) is 0. The Bertz CT molecular complexity index is 511. The third-order valence-electron chi connectivity index (χ3n) is 2.70. The van der Waals surface area contributed by atoms with Crippen molar-refractivity contribution in [2.24, 2.45) is 0 Å². The third kappa shape index (κ3) is 2.05. The molecular weight excluding hydrogens is 222 g/mol. The molecule has 0 aromatic heterocycles. The number of anilines is 1. The summed E-state index contributed by atoms with van der Waals surface area (Å²) >= 11 is 0. The predicted molar refractivity (Wildman–Crippen MR) is 60.6 cm³/mol. The molecule has 0 amide bonds. The van der Waals surface area contributed by atoms with Gasteiger partial charge in [0.15, 0.2) is 0 Å². The monoisotopic (exact) mass is 233 g/mol. The van der Waals surface area contributed by atoms with Gasteiger partial charge in [-0.05, 0) is 19.1 Å². The molecule has 6 heteroatoms. The van der Waals surface area contributed by atoms with Crippen LogP contribution in [0.1, 0.15) is 12.5 Å². The summed E-state index contributed by atoms with van der Waals surface area (Å²) < 4.78 is 0. The molecule has 0 saturated carbocycles. The average molecular weight is 233 g/mol. The fraction of sp³-hybridized carbons (Fsp3) is 0.364. The Morgan fingerprint density at radius 2 is 2.24 bits per heavy atom. The summed E-state index contributed by atoms with van der Waals surface area (Å²) in [5.74, 6) is 0. The Labute approximate surface area is 97.8 Å². The summed E-state index contributed by atoms with van der Waals surface area (Å²) in [5, 5.41) is 29.2. The fourth-order valence-corrected chi connectivity index (χ4v) is 1.95. The fourth-order valence-electron chi connectivity index (χ4n) is 1.95. The number of nitriles is 1. The van der Waals surface area contributed by atoms with Gasteiger partial charge in [-0.1, -0.05) is 0 Å². The standard InChI is InChI=1S/C11H11N3O3/c1-11(15)6-13(7-11)9-3-2-8(5-12)4-10(9)14(16)17/h2-4,15H,6-7H2,1H3. The minimum absolute atomic E-state index is 0.0976. The number of hydrogen-bond donors (Lipinski definition) is 1. The molecule has 1 fully saturated rings. The van der Waals surface area contributed by atoms with Crippen LogP contribution < -0.4 is 4.90 Å². The van der Waals surface area contributed by atoms with E-state index in [1.807, 2.05) is 6.07 Å². The molecule has 0 bridgehead atoms. The second-order valence-corrected chi connectivity index (χ2v) is 4.43. The van der Waals surface area contributed by atoms with Gasteiger partial charge < -0.3 is 10.0 Å². The number of nitrogens with zero attached hydrogens (tertiary/aromatic N) is 3. The molecule has 1 aromatic rings. The van der Waals surface area contributed by atoms with Crippen LogP contribution >= 0.6 is 0 Å². The quantitative estimate of drug-likeness (QED) is 0.608. The SMILES string of the molecule is CC1(O)CN(c2ccc(C#N)cc2[N+](=O)[O-])C1. The summed E-state index contributed by atoms with van der Waals surface area (Å²) in [5.41, 5.74) is -0.185. The van der Waals surface area contributed by atoms with Crippen LogP contribution in [0.15, 0.2) is 18.2 Å². The summed E-state index contributed by atoms with van der Waals surface area (Å²) in [4.78, 5) is 12.1. The summed E-state index contributed by atoms with van der Waals surface area (Å²) in [6.45, 7) is 2.40. The molecule has 1 saturated heterocycles. The van der Waals surface area contributed by atoms with E-state index in [1.165, 1.54) is 12.1 Å². The van der Waals surface area contributed by atoms with Gasteiger partial charge in [-0.2, -0.15) is 5.26 Å². The Morgan fingerprint density at radius 1 is 1.59 bits per heavy atom. The second-order valence-electron chi connectivity index (χ2n) is 4.43. The van der Waals surface area contributed by atoms with Crippen LogP contribution in [0.3, 0.4) is 0 Å². The molecule has 88 valence electrons. The largest absolute Gasteiger partial charge is 0.386 e. The molecule has 2 rings (SSSR count). The minimum Gasteiger partial charge on any atom is -0.386 e. The van der Waals surface area contributed by atoms with Gasteiger partial charge in [-0.3, -0.25) is 10.1 Å². The normalized spacial score (nSPS) is 17.1. The van der Waals surface area contributed by atoms with Gasteiger partial charge in [-0.25, -0.2) is 0 Å². The Hall–Kier alpha value is -2.13. The van der Waals surface area contributed by atoms with E-state index >= 15 is 0 Å². The predicted octanol–water partition coefficient (Wildman–Crippen LogP) is 1.04. The highest BCUT2D eigenvalue weighted by atomic mass is 16.6. The molecule has 0 unspecified atom stereocenters. The van der Waals surface area contributed by atoms with Crippen molar-refractivity contribution in [2.75, 3.05) is 18.0 Å². The molecule has 1 aliphatic rings. The van der Waals surface area contributed by atoms with E-state index in [0.29, 0.717) is 18.8 Å². The number of nitro benzene ring substituents is 1. The van der Waals surface area contributed by atoms with Crippen molar-refractivity contribution in [3.05, 3.63) is 33.9 Å². The van der Waals surface area contributed by atoms with Crippen LogP contribution in [-0.2, 0) is 0 Å². The van der Waals surface area contributed by atoms with Gasteiger partial charge in [0, 0.05) is 19.2 Å². The maximum Gasteiger partial charge on any atom is 0.293 e. The van der Waals surface area contributed by atoms with Crippen molar-refractivity contribution in [1.82, 2.24) is 0 Å². The zero-order valence-corrected chi connectivity index (χ0v) is 9.25. The van der Waals surface area contributed by atoms with E-state index in [2.05, 4.69) is 0 Å². The first-order chi connectivity index (χ1) is 7.93. The number of rotatable bonds is 2. The lowest BCUT2D eigenvalue weighted by Crippen LogP contribution is -2.60. The Kier molecular flexibility index (Phi) is 2.48. The number of aliphatic hydroxyl groups is 1. The molecular formula is C11H11N3O3. The summed E-state index contributed by atoms with van der Waals surface area (Å²) in [7, 11) is 0. The molecule has 6 nitrogen and oxygen atoms in total. The van der Waals surface area contributed by atoms with Crippen LogP contribution in [-0.4, -0.2) is 28.7 Å². The first-order valence-corrected chi connectivity index (χ1v) is 5.09. The smallest absolute Gasteiger partial charge is 0.293 e. The third-order valence-corrected chi connectivity index (χ3v) is 2.70. The molecule has 1 aliphatic heterocycles. The van der Waals surface area contributed by atoms with Gasteiger partial charge in [0.05, 0.1) is 22.2 Å². The van der Waals surface area contributed by atoms with E-state index in [-0.39, 0.29) is 11.3 Å². The van der Waals surface area contributed by atoms with Gasteiger partial charge in [0.25, 0.3) is 5.69 Å². The van der Waals surface area contributed by atoms with Crippen molar-refractivity contribution in [3.63, 3.8) is 0 Å². The maximum absolute atomic E-state index is 10.9. The second kappa shape index (κ2) is 3.71. The number of benzene rings is 1. The minimum atomic E-state index is -0.790. The van der Waals surface area contributed by atoms with Crippen LogP contribution in [0.2, 0.25) is 0 Å². The van der Waals surface area contributed by atoms with Crippen molar-refractivity contribution in [3.8, 4) is 6.07 Å². The molecule has 0 aliphatic carbocycles. The zero-order chi connectivity index (χ0) is 12.6. The van der Waals surface area contributed by atoms with Gasteiger partial charge in [-0.15, -0.1) is 0 Å². The topological polar surface area (TPSA) is 90.4 Å². The summed E-state index contributed by atoms with van der Waals surface area (Å²) in [6, 6.07) is 6.21. The molecule has 1 heterocycles. The number of hydrogen-bond acceptors (Lipinski definition) is 5. The van der Waals surface area contributed by atoms with E-state index in [9.17, 15) is 15.2 Å². The Balaban J connectivity index is 2.35. The lowest BCUT2D eigenvalue weighted by Gasteiger charge is -2.45. The number of β-amino-alcohol motifs (C(OH)–C–C–N with tert-alkyl or cyclic N) is 1.